The number of aliphatic hydroxyl groups excluding tert-OH is 1. The molecule has 0 aromatic heterocycles. The lowest BCUT2D eigenvalue weighted by molar-refractivity contribution is 0.0379. The predicted molar refractivity (Wildman–Crippen MR) is 55.7 cm³/mol. The van der Waals surface area contributed by atoms with Crippen LogP contribution in [0.25, 0.3) is 0 Å². The molecule has 0 amide bonds. The van der Waals surface area contributed by atoms with Gasteiger partial charge >= 0.3 is 0 Å². The zero-order valence-corrected chi connectivity index (χ0v) is 9.16. The van der Waals surface area contributed by atoms with E-state index >= 15 is 0 Å². The number of β-amino-alcohol motifs (C(OH)–C–C–N with tert-alkyl or cyclic N) is 1. The number of aliphatic hydroxyl groups is 1. The zero-order valence-electron chi connectivity index (χ0n) is 9.16. The molecule has 0 saturated carbocycles. The summed E-state index contributed by atoms with van der Waals surface area (Å²) in [6.45, 7) is 9.94. The van der Waals surface area contributed by atoms with Crippen LogP contribution in [0.3, 0.4) is 0 Å². The van der Waals surface area contributed by atoms with Crippen LogP contribution in [0, 0.1) is 11.8 Å². The molecule has 0 aliphatic carbocycles. The minimum absolute atomic E-state index is 0.0900. The maximum Gasteiger partial charge on any atom is 0.0670 e. The van der Waals surface area contributed by atoms with E-state index in [0.717, 1.165) is 25.4 Å². The molecule has 13 heavy (non-hydrogen) atoms. The van der Waals surface area contributed by atoms with Crippen molar-refractivity contribution in [1.82, 2.24) is 4.90 Å². The highest BCUT2D eigenvalue weighted by Crippen LogP contribution is 2.17. The van der Waals surface area contributed by atoms with Gasteiger partial charge in [-0.3, -0.25) is 0 Å². The first-order chi connectivity index (χ1) is 6.11. The average molecular weight is 185 g/mol. The van der Waals surface area contributed by atoms with Gasteiger partial charge in [0.2, 0.25) is 0 Å². The minimum atomic E-state index is -0.0900. The Morgan fingerprint density at radius 3 is 2.69 bits per heavy atom. The quantitative estimate of drug-likeness (QED) is 0.724. The third-order valence-electron chi connectivity index (χ3n) is 2.98. The molecule has 1 N–H and O–H groups in total. The number of piperidine rings is 1. The fourth-order valence-corrected chi connectivity index (χ4v) is 2.15. The monoisotopic (exact) mass is 185 g/mol. The second kappa shape index (κ2) is 4.97. The smallest absolute Gasteiger partial charge is 0.0670 e. The standard InChI is InChI=1S/C11H23NO/c1-4-9(2)6-12-7-10(3)5-11(13)8-12/h9-11,13H,4-8H2,1-3H3. The van der Waals surface area contributed by atoms with E-state index < -0.39 is 0 Å². The van der Waals surface area contributed by atoms with E-state index in [9.17, 15) is 5.11 Å². The van der Waals surface area contributed by atoms with Gasteiger partial charge in [0.05, 0.1) is 6.10 Å². The molecular weight excluding hydrogens is 162 g/mol. The summed E-state index contributed by atoms with van der Waals surface area (Å²) in [6, 6.07) is 0. The maximum atomic E-state index is 9.59. The van der Waals surface area contributed by atoms with Crippen LogP contribution in [-0.2, 0) is 0 Å². The topological polar surface area (TPSA) is 23.5 Å². The lowest BCUT2D eigenvalue weighted by atomic mass is 9.96. The predicted octanol–water partition coefficient (Wildman–Crippen LogP) is 1.74. The van der Waals surface area contributed by atoms with Crippen molar-refractivity contribution in [3.05, 3.63) is 0 Å². The molecule has 0 aromatic carbocycles. The molecule has 1 aliphatic rings. The highest BCUT2D eigenvalue weighted by atomic mass is 16.3. The minimum Gasteiger partial charge on any atom is -0.392 e. The maximum absolute atomic E-state index is 9.59. The lowest BCUT2D eigenvalue weighted by Crippen LogP contribution is -2.43. The molecule has 2 nitrogen and oxygen atoms in total. The first-order valence-electron chi connectivity index (χ1n) is 5.52. The van der Waals surface area contributed by atoms with Crippen LogP contribution in [0.5, 0.6) is 0 Å². The molecule has 0 spiro atoms. The Kier molecular flexibility index (Phi) is 4.20. The molecule has 0 radical (unpaired) electrons. The van der Waals surface area contributed by atoms with E-state index in [1.165, 1.54) is 13.0 Å². The molecule has 1 fully saturated rings. The average Bonchev–Trinajstić information content (AvgIpc) is 2.02. The molecular formula is C11H23NO. The van der Waals surface area contributed by atoms with Crippen LogP contribution in [-0.4, -0.2) is 35.7 Å². The number of rotatable bonds is 3. The first-order valence-corrected chi connectivity index (χ1v) is 5.52. The number of nitrogens with zero attached hydrogens (tertiary/aromatic N) is 1. The van der Waals surface area contributed by atoms with Crippen molar-refractivity contribution in [2.45, 2.75) is 39.7 Å². The molecule has 1 rings (SSSR count). The highest BCUT2D eigenvalue weighted by Gasteiger charge is 2.23. The van der Waals surface area contributed by atoms with Gasteiger partial charge in [-0.2, -0.15) is 0 Å². The van der Waals surface area contributed by atoms with Crippen LogP contribution in [0.1, 0.15) is 33.6 Å². The van der Waals surface area contributed by atoms with Gasteiger partial charge in [0, 0.05) is 19.6 Å². The summed E-state index contributed by atoms with van der Waals surface area (Å²) in [5, 5.41) is 9.59. The third kappa shape index (κ3) is 3.65. The first kappa shape index (κ1) is 11.0. The SMILES string of the molecule is CCC(C)CN1CC(C)CC(O)C1. The number of hydrogen-bond acceptors (Lipinski definition) is 2. The van der Waals surface area contributed by atoms with Gasteiger partial charge in [-0.15, -0.1) is 0 Å². The van der Waals surface area contributed by atoms with Gasteiger partial charge in [0.25, 0.3) is 0 Å². The van der Waals surface area contributed by atoms with Gasteiger partial charge in [0.15, 0.2) is 0 Å². The fraction of sp³-hybridized carbons (Fsp3) is 1.00. The fourth-order valence-electron chi connectivity index (χ4n) is 2.15. The molecule has 1 saturated heterocycles. The Bertz CT molecular complexity index is 139. The van der Waals surface area contributed by atoms with Crippen LogP contribution < -0.4 is 0 Å². The van der Waals surface area contributed by atoms with E-state index in [-0.39, 0.29) is 6.10 Å². The summed E-state index contributed by atoms with van der Waals surface area (Å²) < 4.78 is 0. The summed E-state index contributed by atoms with van der Waals surface area (Å²) in [6.07, 6.45) is 2.13. The van der Waals surface area contributed by atoms with Crippen LogP contribution in [0.15, 0.2) is 0 Å². The van der Waals surface area contributed by atoms with E-state index in [4.69, 9.17) is 0 Å². The van der Waals surface area contributed by atoms with Crippen molar-refractivity contribution < 1.29 is 5.11 Å². The van der Waals surface area contributed by atoms with Gasteiger partial charge in [-0.05, 0) is 18.3 Å². The third-order valence-corrected chi connectivity index (χ3v) is 2.98. The Morgan fingerprint density at radius 1 is 1.46 bits per heavy atom. The van der Waals surface area contributed by atoms with E-state index in [2.05, 4.69) is 25.7 Å². The van der Waals surface area contributed by atoms with Crippen LogP contribution in [0.4, 0.5) is 0 Å². The zero-order chi connectivity index (χ0) is 9.84. The number of hydrogen-bond donors (Lipinski definition) is 1. The summed E-state index contributed by atoms with van der Waals surface area (Å²) in [4.78, 5) is 2.41. The van der Waals surface area contributed by atoms with Crippen molar-refractivity contribution in [2.24, 2.45) is 11.8 Å². The van der Waals surface area contributed by atoms with E-state index in [0.29, 0.717) is 5.92 Å². The van der Waals surface area contributed by atoms with Crippen LogP contribution in [0.2, 0.25) is 0 Å². The van der Waals surface area contributed by atoms with Gasteiger partial charge < -0.3 is 10.0 Å². The highest BCUT2D eigenvalue weighted by molar-refractivity contribution is 4.77. The summed E-state index contributed by atoms with van der Waals surface area (Å²) >= 11 is 0. The van der Waals surface area contributed by atoms with E-state index in [1.54, 1.807) is 0 Å². The summed E-state index contributed by atoms with van der Waals surface area (Å²) in [5.74, 6) is 1.42. The van der Waals surface area contributed by atoms with Crippen molar-refractivity contribution in [3.8, 4) is 0 Å². The largest absolute Gasteiger partial charge is 0.392 e. The molecule has 1 heterocycles. The van der Waals surface area contributed by atoms with E-state index in [1.807, 2.05) is 0 Å². The second-order valence-electron chi connectivity index (χ2n) is 4.73. The van der Waals surface area contributed by atoms with Gasteiger partial charge in [-0.25, -0.2) is 0 Å². The second-order valence-corrected chi connectivity index (χ2v) is 4.73. The van der Waals surface area contributed by atoms with Crippen molar-refractivity contribution in [3.63, 3.8) is 0 Å². The molecule has 2 heteroatoms. The van der Waals surface area contributed by atoms with Crippen LogP contribution >= 0.6 is 0 Å². The number of likely N-dealkylation sites (tertiary alicyclic amines) is 1. The Labute approximate surface area is 81.9 Å². The molecule has 1 aliphatic heterocycles. The Balaban J connectivity index is 2.32. The Hall–Kier alpha value is -0.0800. The summed E-state index contributed by atoms with van der Waals surface area (Å²) in [7, 11) is 0. The van der Waals surface area contributed by atoms with Crippen molar-refractivity contribution >= 4 is 0 Å². The summed E-state index contributed by atoms with van der Waals surface area (Å²) in [5.41, 5.74) is 0. The molecule has 0 aromatic rings. The lowest BCUT2D eigenvalue weighted by Gasteiger charge is -2.35. The molecule has 0 bridgehead atoms. The Morgan fingerprint density at radius 2 is 2.15 bits per heavy atom. The molecule has 78 valence electrons. The molecule has 3 atom stereocenters. The van der Waals surface area contributed by atoms with Gasteiger partial charge in [-0.1, -0.05) is 27.2 Å². The molecule has 3 unspecified atom stereocenters. The van der Waals surface area contributed by atoms with Crippen molar-refractivity contribution in [2.75, 3.05) is 19.6 Å². The van der Waals surface area contributed by atoms with Gasteiger partial charge in [0.1, 0.15) is 0 Å². The van der Waals surface area contributed by atoms with Crippen molar-refractivity contribution in [1.29, 1.82) is 0 Å². The normalized spacial score (nSPS) is 33.2.